The fourth-order valence-electron chi connectivity index (χ4n) is 2.73. The van der Waals surface area contributed by atoms with Gasteiger partial charge in [0, 0.05) is 32.9 Å². The predicted octanol–water partition coefficient (Wildman–Crippen LogP) is 7.36. The summed E-state index contributed by atoms with van der Waals surface area (Å²) in [6, 6.07) is 25.2. The van der Waals surface area contributed by atoms with E-state index in [0.29, 0.717) is 15.9 Å². The summed E-state index contributed by atoms with van der Waals surface area (Å²) >= 11 is 15.7. The Balaban J connectivity index is 1.78. The van der Waals surface area contributed by atoms with Crippen molar-refractivity contribution in [2.45, 2.75) is 0 Å². The monoisotopic (exact) mass is 469 g/mol. The molecule has 6 heteroatoms. The average Bonchev–Trinajstić information content (AvgIpc) is 3.13. The van der Waals surface area contributed by atoms with Crippen LogP contribution in [0.15, 0.2) is 88.3 Å². The zero-order valence-corrected chi connectivity index (χ0v) is 17.7. The zero-order chi connectivity index (χ0) is 19.5. The summed E-state index contributed by atoms with van der Waals surface area (Å²) in [7, 11) is 0. The normalized spacial score (nSPS) is 11.2. The van der Waals surface area contributed by atoms with E-state index in [2.05, 4.69) is 20.9 Å². The Kier molecular flexibility index (Phi) is 5.62. The third kappa shape index (κ3) is 4.20. The molecule has 4 aromatic rings. The molecule has 0 radical (unpaired) electrons. The highest BCUT2D eigenvalue weighted by Crippen LogP contribution is 2.28. The Morgan fingerprint density at radius 2 is 1.64 bits per heavy atom. The van der Waals surface area contributed by atoms with E-state index in [1.807, 2.05) is 71.4 Å². The van der Waals surface area contributed by atoms with Gasteiger partial charge < -0.3 is 0 Å². The fraction of sp³-hybridized carbons (Fsp3) is 0. The number of hydrogen-bond acceptors (Lipinski definition) is 2. The SMILES string of the molecule is Clc1ccc(C=Nc2cc(-c3ccc(Br)cc3)nn2-c2ccccc2)c(Cl)c1. The summed E-state index contributed by atoms with van der Waals surface area (Å²) in [4.78, 5) is 4.65. The summed E-state index contributed by atoms with van der Waals surface area (Å²) in [6.07, 6.45) is 1.72. The molecule has 1 heterocycles. The van der Waals surface area contributed by atoms with E-state index in [4.69, 9.17) is 28.3 Å². The molecular formula is C22H14BrCl2N3. The lowest BCUT2D eigenvalue weighted by molar-refractivity contribution is 0.885. The number of benzene rings is 3. The molecule has 0 spiro atoms. The molecular weight excluding hydrogens is 457 g/mol. The highest BCUT2D eigenvalue weighted by molar-refractivity contribution is 9.10. The molecule has 28 heavy (non-hydrogen) atoms. The van der Waals surface area contributed by atoms with Crippen LogP contribution in [0.2, 0.25) is 10.0 Å². The maximum absolute atomic E-state index is 6.27. The topological polar surface area (TPSA) is 30.2 Å². The van der Waals surface area contributed by atoms with Gasteiger partial charge in [0.1, 0.15) is 0 Å². The van der Waals surface area contributed by atoms with Crippen LogP contribution in [0.4, 0.5) is 5.82 Å². The van der Waals surface area contributed by atoms with Gasteiger partial charge in [0.15, 0.2) is 5.82 Å². The summed E-state index contributed by atoms with van der Waals surface area (Å²) in [6.45, 7) is 0. The van der Waals surface area contributed by atoms with Gasteiger partial charge in [-0.15, -0.1) is 0 Å². The van der Waals surface area contributed by atoms with E-state index in [0.717, 1.165) is 27.0 Å². The molecule has 1 aromatic heterocycles. The van der Waals surface area contributed by atoms with Crippen LogP contribution in [0.5, 0.6) is 0 Å². The lowest BCUT2D eigenvalue weighted by Gasteiger charge is -2.04. The Morgan fingerprint density at radius 1 is 0.893 bits per heavy atom. The molecule has 0 unspecified atom stereocenters. The van der Waals surface area contributed by atoms with Crippen LogP contribution < -0.4 is 0 Å². The summed E-state index contributed by atoms with van der Waals surface area (Å²) in [5, 5.41) is 5.91. The van der Waals surface area contributed by atoms with E-state index >= 15 is 0 Å². The number of aromatic nitrogens is 2. The van der Waals surface area contributed by atoms with Crippen molar-refractivity contribution in [2.75, 3.05) is 0 Å². The van der Waals surface area contributed by atoms with Crippen LogP contribution in [0.25, 0.3) is 16.9 Å². The molecule has 0 N–H and O–H groups in total. The molecule has 3 nitrogen and oxygen atoms in total. The second-order valence-corrected chi connectivity index (χ2v) is 7.83. The Bertz CT molecular complexity index is 1140. The Morgan fingerprint density at radius 3 is 2.36 bits per heavy atom. The molecule has 0 aliphatic heterocycles. The van der Waals surface area contributed by atoms with Crippen molar-refractivity contribution in [2.24, 2.45) is 4.99 Å². The number of hydrogen-bond donors (Lipinski definition) is 0. The second kappa shape index (κ2) is 8.31. The fourth-order valence-corrected chi connectivity index (χ4v) is 3.45. The summed E-state index contributed by atoms with van der Waals surface area (Å²) < 4.78 is 2.84. The lowest BCUT2D eigenvalue weighted by Crippen LogP contribution is -1.96. The van der Waals surface area contributed by atoms with Gasteiger partial charge in [-0.25, -0.2) is 9.67 Å². The molecule has 4 rings (SSSR count). The predicted molar refractivity (Wildman–Crippen MR) is 120 cm³/mol. The van der Waals surface area contributed by atoms with Crippen LogP contribution in [-0.4, -0.2) is 16.0 Å². The van der Waals surface area contributed by atoms with Gasteiger partial charge in [-0.2, -0.15) is 5.10 Å². The van der Waals surface area contributed by atoms with Crippen molar-refractivity contribution in [3.05, 3.63) is 98.9 Å². The maximum Gasteiger partial charge on any atom is 0.156 e. The maximum atomic E-state index is 6.27. The minimum atomic E-state index is 0.551. The van der Waals surface area contributed by atoms with Crippen LogP contribution in [-0.2, 0) is 0 Å². The molecule has 0 saturated carbocycles. The lowest BCUT2D eigenvalue weighted by atomic mass is 10.1. The van der Waals surface area contributed by atoms with Gasteiger partial charge in [0.25, 0.3) is 0 Å². The highest BCUT2D eigenvalue weighted by atomic mass is 79.9. The highest BCUT2D eigenvalue weighted by Gasteiger charge is 2.11. The smallest absolute Gasteiger partial charge is 0.156 e. The van der Waals surface area contributed by atoms with Gasteiger partial charge in [-0.3, -0.25) is 0 Å². The third-order valence-corrected chi connectivity index (χ3v) is 5.22. The molecule has 0 atom stereocenters. The zero-order valence-electron chi connectivity index (χ0n) is 14.6. The second-order valence-electron chi connectivity index (χ2n) is 6.07. The number of halogens is 3. The third-order valence-electron chi connectivity index (χ3n) is 4.13. The quantitative estimate of drug-likeness (QED) is 0.286. The van der Waals surface area contributed by atoms with Gasteiger partial charge in [0.2, 0.25) is 0 Å². The molecule has 0 fully saturated rings. The first-order chi connectivity index (χ1) is 13.6. The molecule has 0 amide bonds. The van der Waals surface area contributed by atoms with Gasteiger partial charge >= 0.3 is 0 Å². The molecule has 0 aliphatic carbocycles. The van der Waals surface area contributed by atoms with Crippen molar-refractivity contribution in [3.8, 4) is 16.9 Å². The van der Waals surface area contributed by atoms with Gasteiger partial charge in [-0.1, -0.05) is 75.5 Å². The Labute approximate surface area is 181 Å². The van der Waals surface area contributed by atoms with Crippen LogP contribution in [0.3, 0.4) is 0 Å². The molecule has 3 aromatic carbocycles. The van der Waals surface area contributed by atoms with Crippen LogP contribution >= 0.6 is 39.1 Å². The first kappa shape index (κ1) is 18.9. The van der Waals surface area contributed by atoms with E-state index in [1.54, 1.807) is 18.3 Å². The average molecular weight is 471 g/mol. The van der Waals surface area contributed by atoms with Crippen LogP contribution in [0.1, 0.15) is 5.56 Å². The number of nitrogens with zero attached hydrogens (tertiary/aromatic N) is 3. The van der Waals surface area contributed by atoms with E-state index < -0.39 is 0 Å². The first-order valence-corrected chi connectivity index (χ1v) is 10.1. The standard InChI is InChI=1S/C22H14BrCl2N3/c23-17-9-6-15(7-10-17)21-13-22(28(27-21)19-4-2-1-3-5-19)26-14-16-8-11-18(24)12-20(16)25/h1-14H. The van der Waals surface area contributed by atoms with Crippen molar-refractivity contribution < 1.29 is 0 Å². The van der Waals surface area contributed by atoms with Crippen molar-refractivity contribution >= 4 is 51.2 Å². The molecule has 0 saturated heterocycles. The van der Waals surface area contributed by atoms with Gasteiger partial charge in [-0.05, 0) is 36.4 Å². The minimum Gasteiger partial charge on any atom is -0.236 e. The van der Waals surface area contributed by atoms with Gasteiger partial charge in [0.05, 0.1) is 16.4 Å². The number of rotatable bonds is 4. The summed E-state index contributed by atoms with van der Waals surface area (Å²) in [5.41, 5.74) is 3.57. The van der Waals surface area contributed by atoms with Crippen molar-refractivity contribution in [1.82, 2.24) is 9.78 Å². The van der Waals surface area contributed by atoms with E-state index in [-0.39, 0.29) is 0 Å². The molecule has 0 bridgehead atoms. The van der Waals surface area contributed by atoms with Crippen molar-refractivity contribution in [3.63, 3.8) is 0 Å². The number of para-hydroxylation sites is 1. The van der Waals surface area contributed by atoms with E-state index in [9.17, 15) is 0 Å². The molecule has 0 aliphatic rings. The van der Waals surface area contributed by atoms with E-state index in [1.165, 1.54) is 0 Å². The van der Waals surface area contributed by atoms with Crippen molar-refractivity contribution in [1.29, 1.82) is 0 Å². The first-order valence-electron chi connectivity index (χ1n) is 8.51. The summed E-state index contributed by atoms with van der Waals surface area (Å²) in [5.74, 6) is 0.704. The number of aliphatic imine (C=N–C) groups is 1. The van der Waals surface area contributed by atoms with Crippen LogP contribution in [0, 0.1) is 0 Å². The molecule has 138 valence electrons. The minimum absolute atomic E-state index is 0.551. The largest absolute Gasteiger partial charge is 0.236 e. The Hall–Kier alpha value is -2.40.